The lowest BCUT2D eigenvalue weighted by atomic mass is 10.1. The standard InChI is InChI=1S/C16H20N4O.ClH/c1-2-4-14-13(3-1)19-15(18-11-5-6-11)16(20-14)21-12-7-9-17-10-8-12;/h1-4,11-12,17H,5-10H2,(H,18,19);1H. The zero-order chi connectivity index (χ0) is 14.1. The number of halogens is 1. The largest absolute Gasteiger partial charge is 0.472 e. The Balaban J connectivity index is 0.00000144. The molecule has 2 heterocycles. The van der Waals surface area contributed by atoms with Crippen LogP contribution in [-0.4, -0.2) is 35.2 Å². The fourth-order valence-electron chi connectivity index (χ4n) is 2.65. The number of para-hydroxylation sites is 2. The second-order valence-corrected chi connectivity index (χ2v) is 5.85. The molecule has 1 saturated carbocycles. The van der Waals surface area contributed by atoms with Gasteiger partial charge in [0.1, 0.15) is 6.10 Å². The fourth-order valence-corrected chi connectivity index (χ4v) is 2.65. The molecule has 1 aromatic heterocycles. The predicted octanol–water partition coefficient (Wildman–Crippen LogP) is 2.76. The van der Waals surface area contributed by atoms with Crippen LogP contribution < -0.4 is 15.4 Å². The van der Waals surface area contributed by atoms with Crippen LogP contribution in [0.15, 0.2) is 24.3 Å². The normalized spacial score (nSPS) is 18.7. The van der Waals surface area contributed by atoms with Crippen molar-refractivity contribution in [3.05, 3.63) is 24.3 Å². The Hall–Kier alpha value is -1.59. The summed E-state index contributed by atoms with van der Waals surface area (Å²) in [5, 5.41) is 6.81. The van der Waals surface area contributed by atoms with Crippen LogP contribution >= 0.6 is 12.4 Å². The Morgan fingerprint density at radius 1 is 1.00 bits per heavy atom. The summed E-state index contributed by atoms with van der Waals surface area (Å²) in [4.78, 5) is 9.39. The summed E-state index contributed by atoms with van der Waals surface area (Å²) in [6.07, 6.45) is 4.71. The quantitative estimate of drug-likeness (QED) is 0.907. The molecular weight excluding hydrogens is 300 g/mol. The van der Waals surface area contributed by atoms with Gasteiger partial charge in [-0.25, -0.2) is 9.97 Å². The first kappa shape index (κ1) is 15.3. The smallest absolute Gasteiger partial charge is 0.258 e. The van der Waals surface area contributed by atoms with Gasteiger partial charge in [-0.05, 0) is 50.9 Å². The minimum absolute atomic E-state index is 0. The third kappa shape index (κ3) is 3.42. The highest BCUT2D eigenvalue weighted by Gasteiger charge is 2.25. The molecule has 5 nitrogen and oxygen atoms in total. The molecule has 0 atom stereocenters. The summed E-state index contributed by atoms with van der Waals surface area (Å²) in [6.45, 7) is 2.02. The number of hydrogen-bond acceptors (Lipinski definition) is 5. The van der Waals surface area contributed by atoms with E-state index in [1.807, 2.05) is 24.3 Å². The highest BCUT2D eigenvalue weighted by atomic mass is 35.5. The summed E-state index contributed by atoms with van der Waals surface area (Å²) < 4.78 is 6.15. The van der Waals surface area contributed by atoms with E-state index in [9.17, 15) is 0 Å². The molecule has 1 aliphatic carbocycles. The van der Waals surface area contributed by atoms with Crippen molar-refractivity contribution in [3.63, 3.8) is 0 Å². The molecule has 4 rings (SSSR count). The predicted molar refractivity (Wildman–Crippen MR) is 90.0 cm³/mol. The lowest BCUT2D eigenvalue weighted by Gasteiger charge is -2.24. The van der Waals surface area contributed by atoms with Gasteiger partial charge in [-0.3, -0.25) is 0 Å². The molecule has 0 amide bonds. The van der Waals surface area contributed by atoms with Gasteiger partial charge >= 0.3 is 0 Å². The van der Waals surface area contributed by atoms with E-state index < -0.39 is 0 Å². The van der Waals surface area contributed by atoms with Crippen LogP contribution in [0.2, 0.25) is 0 Å². The SMILES string of the molecule is Cl.c1ccc2nc(OC3CCNCC3)c(NC3CC3)nc2c1. The number of rotatable bonds is 4. The Morgan fingerprint density at radius 2 is 1.68 bits per heavy atom. The van der Waals surface area contributed by atoms with Gasteiger partial charge in [0.15, 0.2) is 5.82 Å². The number of fused-ring (bicyclic) bond motifs is 1. The monoisotopic (exact) mass is 320 g/mol. The maximum atomic E-state index is 6.15. The first-order chi connectivity index (χ1) is 10.4. The Labute approximate surface area is 136 Å². The molecule has 0 radical (unpaired) electrons. The summed E-state index contributed by atoms with van der Waals surface area (Å²) in [5.74, 6) is 1.46. The van der Waals surface area contributed by atoms with Gasteiger partial charge in [0.05, 0.1) is 11.0 Å². The third-order valence-corrected chi connectivity index (χ3v) is 4.02. The lowest BCUT2D eigenvalue weighted by molar-refractivity contribution is 0.157. The summed E-state index contributed by atoms with van der Waals surface area (Å²) >= 11 is 0. The van der Waals surface area contributed by atoms with Crippen LogP contribution in [0.25, 0.3) is 11.0 Å². The highest BCUT2D eigenvalue weighted by Crippen LogP contribution is 2.31. The van der Waals surface area contributed by atoms with Gasteiger partial charge in [0.2, 0.25) is 0 Å². The van der Waals surface area contributed by atoms with Gasteiger partial charge in [-0.1, -0.05) is 12.1 Å². The van der Waals surface area contributed by atoms with Crippen molar-refractivity contribution in [2.24, 2.45) is 0 Å². The van der Waals surface area contributed by atoms with E-state index in [4.69, 9.17) is 9.72 Å². The van der Waals surface area contributed by atoms with Gasteiger partial charge in [0, 0.05) is 6.04 Å². The van der Waals surface area contributed by atoms with E-state index in [0.29, 0.717) is 11.9 Å². The van der Waals surface area contributed by atoms with Crippen molar-refractivity contribution in [2.45, 2.75) is 37.8 Å². The van der Waals surface area contributed by atoms with Crippen LogP contribution in [0, 0.1) is 0 Å². The van der Waals surface area contributed by atoms with Gasteiger partial charge in [-0.15, -0.1) is 12.4 Å². The Kier molecular flexibility index (Phi) is 4.64. The van der Waals surface area contributed by atoms with E-state index in [0.717, 1.165) is 42.8 Å². The van der Waals surface area contributed by atoms with E-state index in [-0.39, 0.29) is 18.5 Å². The molecule has 6 heteroatoms. The minimum atomic E-state index is 0. The second kappa shape index (κ2) is 6.67. The first-order valence-electron chi connectivity index (χ1n) is 7.79. The molecule has 2 aromatic rings. The number of anilines is 1. The molecule has 1 saturated heterocycles. The maximum absolute atomic E-state index is 6.15. The van der Waals surface area contributed by atoms with E-state index in [1.165, 1.54) is 12.8 Å². The zero-order valence-corrected chi connectivity index (χ0v) is 13.2. The number of ether oxygens (including phenoxy) is 1. The topological polar surface area (TPSA) is 59.1 Å². The minimum Gasteiger partial charge on any atom is -0.472 e. The molecule has 118 valence electrons. The Morgan fingerprint density at radius 3 is 2.36 bits per heavy atom. The number of piperidine rings is 1. The molecule has 2 fully saturated rings. The van der Waals surface area contributed by atoms with Gasteiger partial charge < -0.3 is 15.4 Å². The molecule has 1 aromatic carbocycles. The highest BCUT2D eigenvalue weighted by molar-refractivity contribution is 5.85. The molecule has 0 bridgehead atoms. The van der Waals surface area contributed by atoms with Crippen molar-refractivity contribution in [2.75, 3.05) is 18.4 Å². The van der Waals surface area contributed by atoms with Crippen LogP contribution in [0.5, 0.6) is 5.88 Å². The fraction of sp³-hybridized carbons (Fsp3) is 0.500. The third-order valence-electron chi connectivity index (χ3n) is 4.02. The molecule has 2 aliphatic rings. The van der Waals surface area contributed by atoms with E-state index in [1.54, 1.807) is 0 Å². The summed E-state index contributed by atoms with van der Waals surface area (Å²) in [5.41, 5.74) is 1.81. The van der Waals surface area contributed by atoms with Crippen molar-refractivity contribution < 1.29 is 4.74 Å². The molecule has 2 N–H and O–H groups in total. The zero-order valence-electron chi connectivity index (χ0n) is 12.4. The van der Waals surface area contributed by atoms with Crippen LogP contribution in [0.4, 0.5) is 5.82 Å². The summed E-state index contributed by atoms with van der Waals surface area (Å²) in [7, 11) is 0. The van der Waals surface area contributed by atoms with E-state index in [2.05, 4.69) is 15.6 Å². The molecule has 0 unspecified atom stereocenters. The van der Waals surface area contributed by atoms with Crippen LogP contribution in [0.1, 0.15) is 25.7 Å². The second-order valence-electron chi connectivity index (χ2n) is 5.85. The molecular formula is C16H21ClN4O. The average Bonchev–Trinajstić information content (AvgIpc) is 3.33. The maximum Gasteiger partial charge on any atom is 0.258 e. The van der Waals surface area contributed by atoms with Crippen LogP contribution in [-0.2, 0) is 0 Å². The molecule has 0 spiro atoms. The van der Waals surface area contributed by atoms with Gasteiger partial charge in [0.25, 0.3) is 5.88 Å². The Bertz CT molecular complexity index is 641. The van der Waals surface area contributed by atoms with Crippen molar-refractivity contribution in [1.29, 1.82) is 0 Å². The van der Waals surface area contributed by atoms with Crippen molar-refractivity contribution >= 4 is 29.3 Å². The molecule has 22 heavy (non-hydrogen) atoms. The average molecular weight is 321 g/mol. The van der Waals surface area contributed by atoms with Crippen molar-refractivity contribution in [3.8, 4) is 5.88 Å². The lowest BCUT2D eigenvalue weighted by Crippen LogP contribution is -2.34. The number of aromatic nitrogens is 2. The number of benzene rings is 1. The van der Waals surface area contributed by atoms with E-state index >= 15 is 0 Å². The van der Waals surface area contributed by atoms with Crippen molar-refractivity contribution in [1.82, 2.24) is 15.3 Å². The number of nitrogens with one attached hydrogen (secondary N) is 2. The summed E-state index contributed by atoms with van der Waals surface area (Å²) in [6, 6.07) is 8.49. The number of hydrogen-bond donors (Lipinski definition) is 2. The molecule has 1 aliphatic heterocycles. The van der Waals surface area contributed by atoms with Crippen LogP contribution in [0.3, 0.4) is 0 Å². The van der Waals surface area contributed by atoms with Gasteiger partial charge in [-0.2, -0.15) is 0 Å². The first-order valence-corrected chi connectivity index (χ1v) is 7.79. The number of nitrogens with zero attached hydrogens (tertiary/aromatic N) is 2.